The van der Waals surface area contributed by atoms with Gasteiger partial charge in [-0.05, 0) is 43.9 Å². The second kappa shape index (κ2) is 7.40. The molecule has 2 rings (SSSR count). The predicted octanol–water partition coefficient (Wildman–Crippen LogP) is 2.27. The van der Waals surface area contributed by atoms with Gasteiger partial charge in [-0.15, -0.1) is 0 Å². The van der Waals surface area contributed by atoms with Crippen LogP contribution in [0.25, 0.3) is 0 Å². The summed E-state index contributed by atoms with van der Waals surface area (Å²) >= 11 is 0. The first kappa shape index (κ1) is 16.5. The third kappa shape index (κ3) is 3.85. The van der Waals surface area contributed by atoms with Gasteiger partial charge in [-0.2, -0.15) is 0 Å². The number of nitrogens with one attached hydrogen (secondary N) is 1. The summed E-state index contributed by atoms with van der Waals surface area (Å²) in [6, 6.07) is 7.20. The van der Waals surface area contributed by atoms with Crippen molar-refractivity contribution in [2.75, 3.05) is 18.5 Å². The van der Waals surface area contributed by atoms with Crippen LogP contribution in [-0.4, -0.2) is 41.0 Å². The minimum absolute atomic E-state index is 0.0433. The van der Waals surface area contributed by atoms with E-state index in [1.807, 2.05) is 11.8 Å². The van der Waals surface area contributed by atoms with Crippen molar-refractivity contribution in [3.8, 4) is 0 Å². The van der Waals surface area contributed by atoms with Crippen molar-refractivity contribution in [1.82, 2.24) is 4.90 Å². The van der Waals surface area contributed by atoms with Crippen LogP contribution in [0.15, 0.2) is 24.3 Å². The van der Waals surface area contributed by atoms with Gasteiger partial charge in [0.15, 0.2) is 0 Å². The number of hydrogen-bond donors (Lipinski definition) is 2. The number of benzene rings is 1. The summed E-state index contributed by atoms with van der Waals surface area (Å²) in [7, 11) is 0. The number of nitrogens with zero attached hydrogens (tertiary/aromatic N) is 1. The van der Waals surface area contributed by atoms with Gasteiger partial charge in [-0.25, -0.2) is 0 Å². The Balaban J connectivity index is 2.14. The Kier molecular flexibility index (Phi) is 5.55. The lowest BCUT2D eigenvalue weighted by molar-refractivity contribution is -0.115. The van der Waals surface area contributed by atoms with E-state index in [0.29, 0.717) is 24.2 Å². The van der Waals surface area contributed by atoms with E-state index in [1.54, 1.807) is 31.2 Å². The molecule has 1 fully saturated rings. The number of rotatable bonds is 4. The molecule has 120 valence electrons. The van der Waals surface area contributed by atoms with Crippen molar-refractivity contribution in [2.24, 2.45) is 5.92 Å². The van der Waals surface area contributed by atoms with Crippen LogP contribution in [0.5, 0.6) is 0 Å². The molecule has 1 aromatic rings. The van der Waals surface area contributed by atoms with Gasteiger partial charge in [-0.3, -0.25) is 9.59 Å². The van der Waals surface area contributed by atoms with Crippen LogP contribution in [0.1, 0.15) is 43.5 Å². The van der Waals surface area contributed by atoms with Crippen LogP contribution in [0, 0.1) is 5.92 Å². The summed E-state index contributed by atoms with van der Waals surface area (Å²) in [4.78, 5) is 26.0. The molecular weight excluding hydrogens is 280 g/mol. The average Bonchev–Trinajstić information content (AvgIpc) is 2.54. The summed E-state index contributed by atoms with van der Waals surface area (Å²) in [6.45, 7) is 4.52. The normalized spacial score (nSPS) is 21.5. The fourth-order valence-corrected chi connectivity index (χ4v) is 2.76. The lowest BCUT2D eigenvalue weighted by atomic mass is 9.93. The molecule has 22 heavy (non-hydrogen) atoms. The van der Waals surface area contributed by atoms with Gasteiger partial charge >= 0.3 is 0 Å². The molecule has 2 amide bonds. The zero-order valence-electron chi connectivity index (χ0n) is 13.2. The second-order valence-corrected chi connectivity index (χ2v) is 5.92. The molecule has 0 saturated carbocycles. The summed E-state index contributed by atoms with van der Waals surface area (Å²) in [5.41, 5.74) is 1.21. The molecule has 5 nitrogen and oxygen atoms in total. The molecule has 5 heteroatoms. The first-order chi connectivity index (χ1) is 10.5. The highest BCUT2D eigenvalue weighted by Gasteiger charge is 2.29. The van der Waals surface area contributed by atoms with Gasteiger partial charge in [0, 0.05) is 36.9 Å². The van der Waals surface area contributed by atoms with Crippen LogP contribution in [-0.2, 0) is 4.79 Å². The molecule has 1 aliphatic heterocycles. The topological polar surface area (TPSA) is 69.6 Å². The Morgan fingerprint density at radius 1 is 1.36 bits per heavy atom. The summed E-state index contributed by atoms with van der Waals surface area (Å²) in [5, 5.41) is 12.1. The second-order valence-electron chi connectivity index (χ2n) is 5.92. The largest absolute Gasteiger partial charge is 0.396 e. The molecule has 0 radical (unpaired) electrons. The van der Waals surface area contributed by atoms with Crippen LogP contribution in [0.2, 0.25) is 0 Å². The van der Waals surface area contributed by atoms with E-state index in [1.165, 1.54) is 0 Å². The number of carbonyl (C=O) groups is 2. The maximum Gasteiger partial charge on any atom is 0.254 e. The maximum absolute atomic E-state index is 12.7. The van der Waals surface area contributed by atoms with Crippen molar-refractivity contribution in [1.29, 1.82) is 0 Å². The number of piperidine rings is 1. The molecule has 0 aliphatic carbocycles. The van der Waals surface area contributed by atoms with Crippen molar-refractivity contribution in [3.05, 3.63) is 29.8 Å². The fourth-order valence-electron chi connectivity index (χ4n) is 2.76. The van der Waals surface area contributed by atoms with Gasteiger partial charge in [0.05, 0.1) is 0 Å². The summed E-state index contributed by atoms with van der Waals surface area (Å²) < 4.78 is 0. The van der Waals surface area contributed by atoms with E-state index in [4.69, 9.17) is 0 Å². The number of aliphatic hydroxyl groups excluding tert-OH is 1. The average molecular weight is 304 g/mol. The molecule has 1 aromatic carbocycles. The molecule has 2 N–H and O–H groups in total. The van der Waals surface area contributed by atoms with Crippen LogP contribution in [0.3, 0.4) is 0 Å². The van der Waals surface area contributed by atoms with Gasteiger partial charge in [0.25, 0.3) is 5.91 Å². The van der Waals surface area contributed by atoms with E-state index in [0.717, 1.165) is 12.8 Å². The lowest BCUT2D eigenvalue weighted by Crippen LogP contribution is -2.46. The Bertz CT molecular complexity index is 544. The Morgan fingerprint density at radius 2 is 2.14 bits per heavy atom. The minimum atomic E-state index is -0.0729. The van der Waals surface area contributed by atoms with E-state index < -0.39 is 0 Å². The molecule has 1 saturated heterocycles. The smallest absolute Gasteiger partial charge is 0.254 e. The highest BCUT2D eigenvalue weighted by Crippen LogP contribution is 2.24. The number of aliphatic hydroxyl groups is 1. The number of carbonyl (C=O) groups excluding carboxylic acids is 2. The first-order valence-corrected chi connectivity index (χ1v) is 7.86. The van der Waals surface area contributed by atoms with Gasteiger partial charge in [-0.1, -0.05) is 13.0 Å². The highest BCUT2D eigenvalue weighted by molar-refractivity contribution is 5.97. The fraction of sp³-hybridized carbons (Fsp3) is 0.529. The molecule has 0 bridgehead atoms. The molecule has 1 aliphatic rings. The number of anilines is 1. The van der Waals surface area contributed by atoms with Crippen LogP contribution >= 0.6 is 0 Å². The molecule has 1 heterocycles. The van der Waals surface area contributed by atoms with Crippen LogP contribution < -0.4 is 5.32 Å². The Labute approximate surface area is 131 Å². The standard InChI is InChI=1S/C17H24N2O3/c1-3-16(21)18-15-6-4-5-14(9-15)17(22)19-10-13(11-20)8-7-12(19)2/h4-6,9,12-13,20H,3,7-8,10-11H2,1-2H3,(H,18,21). The predicted molar refractivity (Wildman–Crippen MR) is 85.7 cm³/mol. The molecule has 2 atom stereocenters. The molecule has 0 aromatic heterocycles. The zero-order valence-corrected chi connectivity index (χ0v) is 13.2. The molecule has 2 unspecified atom stereocenters. The third-order valence-corrected chi connectivity index (χ3v) is 4.21. The highest BCUT2D eigenvalue weighted by atomic mass is 16.3. The Hall–Kier alpha value is -1.88. The number of likely N-dealkylation sites (tertiary alicyclic amines) is 1. The quantitative estimate of drug-likeness (QED) is 0.896. The van der Waals surface area contributed by atoms with E-state index in [9.17, 15) is 14.7 Å². The molecular formula is C17H24N2O3. The SMILES string of the molecule is CCC(=O)Nc1cccc(C(=O)N2CC(CO)CCC2C)c1. The first-order valence-electron chi connectivity index (χ1n) is 7.86. The van der Waals surface area contributed by atoms with Crippen LogP contribution in [0.4, 0.5) is 5.69 Å². The third-order valence-electron chi connectivity index (χ3n) is 4.21. The van der Waals surface area contributed by atoms with Gasteiger partial charge in [0.1, 0.15) is 0 Å². The lowest BCUT2D eigenvalue weighted by Gasteiger charge is -2.37. The maximum atomic E-state index is 12.7. The van der Waals surface area contributed by atoms with E-state index in [-0.39, 0.29) is 30.4 Å². The summed E-state index contributed by atoms with van der Waals surface area (Å²) in [5.74, 6) is 0.0395. The van der Waals surface area contributed by atoms with Crippen molar-refractivity contribution in [3.63, 3.8) is 0 Å². The van der Waals surface area contributed by atoms with E-state index in [2.05, 4.69) is 5.32 Å². The number of amides is 2. The van der Waals surface area contributed by atoms with Crippen molar-refractivity contribution in [2.45, 2.75) is 39.2 Å². The number of hydrogen-bond acceptors (Lipinski definition) is 3. The summed E-state index contributed by atoms with van der Waals surface area (Å²) in [6.07, 6.45) is 2.26. The molecule has 0 spiro atoms. The van der Waals surface area contributed by atoms with Crippen molar-refractivity contribution < 1.29 is 14.7 Å². The Morgan fingerprint density at radius 3 is 2.82 bits per heavy atom. The van der Waals surface area contributed by atoms with E-state index >= 15 is 0 Å². The van der Waals surface area contributed by atoms with Crippen molar-refractivity contribution >= 4 is 17.5 Å². The zero-order chi connectivity index (χ0) is 16.1. The minimum Gasteiger partial charge on any atom is -0.396 e. The van der Waals surface area contributed by atoms with Gasteiger partial charge in [0.2, 0.25) is 5.91 Å². The monoisotopic (exact) mass is 304 g/mol. The van der Waals surface area contributed by atoms with Gasteiger partial charge < -0.3 is 15.3 Å².